The van der Waals surface area contributed by atoms with Crippen molar-refractivity contribution in [2.45, 2.75) is 83.5 Å². The van der Waals surface area contributed by atoms with Gasteiger partial charge in [-0.2, -0.15) is 0 Å². The van der Waals surface area contributed by atoms with Gasteiger partial charge in [-0.15, -0.1) is 0 Å². The van der Waals surface area contributed by atoms with Gasteiger partial charge in [-0.3, -0.25) is 0 Å². The number of nitrogens with zero attached hydrogens (tertiary/aromatic N) is 1. The number of hydrogen-bond donors (Lipinski definition) is 1. The Morgan fingerprint density at radius 3 is 2.60 bits per heavy atom. The van der Waals surface area contributed by atoms with Crippen molar-refractivity contribution in [1.29, 1.82) is 0 Å². The van der Waals surface area contributed by atoms with E-state index in [9.17, 15) is 0 Å². The molecule has 3 nitrogen and oxygen atoms in total. The molecule has 0 radical (unpaired) electrons. The van der Waals surface area contributed by atoms with E-state index < -0.39 is 0 Å². The van der Waals surface area contributed by atoms with Gasteiger partial charge in [0, 0.05) is 31.3 Å². The summed E-state index contributed by atoms with van der Waals surface area (Å²) >= 11 is 0. The lowest BCUT2D eigenvalue weighted by Crippen LogP contribution is -2.56. The Kier molecular flexibility index (Phi) is 5.49. The van der Waals surface area contributed by atoms with Crippen LogP contribution in [0.5, 0.6) is 0 Å². The zero-order chi connectivity index (χ0) is 14.8. The van der Waals surface area contributed by atoms with Crippen LogP contribution in [-0.4, -0.2) is 48.8 Å². The average molecular weight is 282 g/mol. The molecule has 2 heterocycles. The molecule has 0 bridgehead atoms. The van der Waals surface area contributed by atoms with Crippen molar-refractivity contribution in [3.8, 4) is 0 Å². The molecule has 0 aromatic heterocycles. The molecule has 0 aromatic rings. The topological polar surface area (TPSA) is 24.5 Å². The van der Waals surface area contributed by atoms with E-state index in [2.05, 4.69) is 45.0 Å². The van der Waals surface area contributed by atoms with E-state index in [1.54, 1.807) is 0 Å². The molecule has 0 aliphatic carbocycles. The van der Waals surface area contributed by atoms with Crippen LogP contribution in [0, 0.1) is 5.92 Å². The summed E-state index contributed by atoms with van der Waals surface area (Å²) in [6.07, 6.45) is 5.92. The Bertz CT molecular complexity index is 303. The van der Waals surface area contributed by atoms with Crippen molar-refractivity contribution in [3.05, 3.63) is 0 Å². The second-order valence-corrected chi connectivity index (χ2v) is 7.20. The summed E-state index contributed by atoms with van der Waals surface area (Å²) in [6, 6.07) is 2.02. The third-order valence-electron chi connectivity index (χ3n) is 5.84. The molecule has 2 aliphatic rings. The monoisotopic (exact) mass is 282 g/mol. The summed E-state index contributed by atoms with van der Waals surface area (Å²) in [7, 11) is 2.25. The molecule has 2 saturated heterocycles. The van der Waals surface area contributed by atoms with Gasteiger partial charge in [0.05, 0.1) is 5.60 Å². The van der Waals surface area contributed by atoms with Crippen LogP contribution in [0.2, 0.25) is 0 Å². The minimum atomic E-state index is 0.135. The Hall–Kier alpha value is -0.120. The molecule has 2 fully saturated rings. The summed E-state index contributed by atoms with van der Waals surface area (Å²) in [5.41, 5.74) is 0.135. The number of hydrogen-bond acceptors (Lipinski definition) is 3. The molecule has 0 amide bonds. The highest BCUT2D eigenvalue weighted by Gasteiger charge is 2.37. The lowest BCUT2D eigenvalue weighted by atomic mass is 9.83. The first kappa shape index (κ1) is 16.3. The summed E-state index contributed by atoms with van der Waals surface area (Å²) in [6.45, 7) is 11.4. The number of nitrogens with one attached hydrogen (secondary N) is 1. The maximum Gasteiger partial charge on any atom is 0.0692 e. The Morgan fingerprint density at radius 2 is 1.95 bits per heavy atom. The predicted octanol–water partition coefficient (Wildman–Crippen LogP) is 3.04. The van der Waals surface area contributed by atoms with Crippen molar-refractivity contribution in [3.63, 3.8) is 0 Å². The number of rotatable bonds is 4. The van der Waals surface area contributed by atoms with Gasteiger partial charge in [0.15, 0.2) is 0 Å². The van der Waals surface area contributed by atoms with Crippen LogP contribution < -0.4 is 5.32 Å². The lowest BCUT2D eigenvalue weighted by molar-refractivity contribution is -0.0956. The predicted molar refractivity (Wildman–Crippen MR) is 85.1 cm³/mol. The van der Waals surface area contributed by atoms with Crippen LogP contribution >= 0.6 is 0 Å². The van der Waals surface area contributed by atoms with Gasteiger partial charge < -0.3 is 15.0 Å². The molecule has 4 atom stereocenters. The maximum absolute atomic E-state index is 6.10. The largest absolute Gasteiger partial charge is 0.375 e. The first-order chi connectivity index (χ1) is 9.49. The van der Waals surface area contributed by atoms with Crippen molar-refractivity contribution in [1.82, 2.24) is 10.2 Å². The van der Waals surface area contributed by atoms with Crippen LogP contribution in [0.3, 0.4) is 0 Å². The fraction of sp³-hybridized carbons (Fsp3) is 1.00. The molecule has 0 saturated carbocycles. The van der Waals surface area contributed by atoms with Crippen LogP contribution in [0.4, 0.5) is 0 Å². The molecule has 0 aromatic carbocycles. The van der Waals surface area contributed by atoms with Gasteiger partial charge in [-0.05, 0) is 52.0 Å². The highest BCUT2D eigenvalue weighted by molar-refractivity contribution is 4.93. The minimum absolute atomic E-state index is 0.135. The molecule has 118 valence electrons. The summed E-state index contributed by atoms with van der Waals surface area (Å²) in [4.78, 5) is 2.50. The third kappa shape index (κ3) is 3.55. The quantitative estimate of drug-likeness (QED) is 0.858. The van der Waals surface area contributed by atoms with E-state index in [-0.39, 0.29) is 5.60 Å². The lowest BCUT2D eigenvalue weighted by Gasteiger charge is -2.45. The van der Waals surface area contributed by atoms with Gasteiger partial charge in [0.2, 0.25) is 0 Å². The first-order valence-electron chi connectivity index (χ1n) is 8.60. The molecular formula is C17H34N2O. The van der Waals surface area contributed by atoms with Crippen molar-refractivity contribution in [2.75, 3.05) is 20.2 Å². The van der Waals surface area contributed by atoms with E-state index in [0.29, 0.717) is 18.1 Å². The Morgan fingerprint density at radius 1 is 1.25 bits per heavy atom. The highest BCUT2D eigenvalue weighted by Crippen LogP contribution is 2.32. The fourth-order valence-corrected chi connectivity index (χ4v) is 3.99. The van der Waals surface area contributed by atoms with E-state index in [1.165, 1.54) is 25.8 Å². The summed E-state index contributed by atoms with van der Waals surface area (Å²) in [5.74, 6) is 0.747. The van der Waals surface area contributed by atoms with Crippen molar-refractivity contribution < 1.29 is 4.74 Å². The zero-order valence-electron chi connectivity index (χ0n) is 14.1. The third-order valence-corrected chi connectivity index (χ3v) is 5.84. The smallest absolute Gasteiger partial charge is 0.0692 e. The molecule has 0 spiro atoms. The van der Waals surface area contributed by atoms with Crippen LogP contribution in [0.1, 0.15) is 59.8 Å². The highest BCUT2D eigenvalue weighted by atomic mass is 16.5. The van der Waals surface area contributed by atoms with E-state index in [1.807, 2.05) is 0 Å². The Labute approximate surface area is 125 Å². The summed E-state index contributed by atoms with van der Waals surface area (Å²) in [5, 5.41) is 3.98. The van der Waals surface area contributed by atoms with Crippen molar-refractivity contribution >= 4 is 0 Å². The zero-order valence-corrected chi connectivity index (χ0v) is 14.1. The van der Waals surface area contributed by atoms with E-state index >= 15 is 0 Å². The van der Waals surface area contributed by atoms with E-state index in [4.69, 9.17) is 4.74 Å². The molecule has 3 heteroatoms. The first-order valence-corrected chi connectivity index (χ1v) is 8.60. The molecule has 2 rings (SSSR count). The minimum Gasteiger partial charge on any atom is -0.375 e. The van der Waals surface area contributed by atoms with Gasteiger partial charge in [0.25, 0.3) is 0 Å². The van der Waals surface area contributed by atoms with E-state index in [0.717, 1.165) is 25.4 Å². The van der Waals surface area contributed by atoms with Gasteiger partial charge in [-0.25, -0.2) is 0 Å². The second-order valence-electron chi connectivity index (χ2n) is 7.20. The molecule has 4 unspecified atom stereocenters. The van der Waals surface area contributed by atoms with Gasteiger partial charge in [-0.1, -0.05) is 20.8 Å². The SMILES string of the molecule is CCC1(CC)CC(NC2CC(C)N(C)CC2C)CCO1. The van der Waals surface area contributed by atoms with Gasteiger partial charge in [0.1, 0.15) is 0 Å². The van der Waals surface area contributed by atoms with Crippen LogP contribution in [0.15, 0.2) is 0 Å². The molecule has 1 N–H and O–H groups in total. The average Bonchev–Trinajstić information content (AvgIpc) is 2.45. The second kappa shape index (κ2) is 6.76. The number of likely N-dealkylation sites (tertiary alicyclic amines) is 1. The van der Waals surface area contributed by atoms with Crippen molar-refractivity contribution in [2.24, 2.45) is 5.92 Å². The van der Waals surface area contributed by atoms with Crippen LogP contribution in [0.25, 0.3) is 0 Å². The fourth-order valence-electron chi connectivity index (χ4n) is 3.99. The van der Waals surface area contributed by atoms with Gasteiger partial charge >= 0.3 is 0 Å². The standard InChI is InChI=1S/C17H34N2O/c1-6-17(7-2)11-15(8-9-20-17)18-16-10-14(4)19(5)12-13(16)3/h13-16,18H,6-12H2,1-5H3. The number of ether oxygens (including phenoxy) is 1. The Balaban J connectivity index is 1.92. The van der Waals surface area contributed by atoms with Crippen LogP contribution in [-0.2, 0) is 4.74 Å². The summed E-state index contributed by atoms with van der Waals surface area (Å²) < 4.78 is 6.10. The normalized spacial score (nSPS) is 38.9. The number of piperidine rings is 1. The molecule has 20 heavy (non-hydrogen) atoms. The molecule has 2 aliphatic heterocycles. The molecular weight excluding hydrogens is 248 g/mol. The maximum atomic E-state index is 6.10.